The van der Waals surface area contributed by atoms with Gasteiger partial charge in [-0.1, -0.05) is 0 Å². The number of rotatable bonds is 3. The molecule has 4 aliphatic rings. The third kappa shape index (κ3) is 2.75. The van der Waals surface area contributed by atoms with Crippen LogP contribution in [0.4, 0.5) is 18.0 Å². The second kappa shape index (κ2) is 5.85. The molecule has 7 N–H and O–H groups in total. The smallest absolute Gasteiger partial charge is 0.362 e. The van der Waals surface area contributed by atoms with Crippen LogP contribution in [0.3, 0.4) is 0 Å². The molecule has 0 bridgehead atoms. The maximum atomic E-state index is 12.6. The predicted octanol–water partition coefficient (Wildman–Crippen LogP) is -2.70. The van der Waals surface area contributed by atoms with Crippen molar-refractivity contribution in [1.82, 2.24) is 30.7 Å². The second-order valence-corrected chi connectivity index (χ2v) is 7.46. The van der Waals surface area contributed by atoms with Crippen LogP contribution in [0.15, 0.2) is 0 Å². The van der Waals surface area contributed by atoms with Crippen molar-refractivity contribution in [2.75, 3.05) is 26.2 Å². The molecule has 0 aromatic rings. The number of urea groups is 1. The Hall–Kier alpha value is -2.81. The van der Waals surface area contributed by atoms with E-state index in [1.54, 1.807) is 0 Å². The summed E-state index contributed by atoms with van der Waals surface area (Å²) in [6.07, 6.45) is -4.80. The number of hydrogen-bond acceptors (Lipinski definition) is 6. The maximum Gasteiger partial charge on any atom is 0.406 e. The molecular formula is C14H19F3N8O4. The van der Waals surface area contributed by atoms with Crippen molar-refractivity contribution in [3.63, 3.8) is 0 Å². The molecule has 15 heteroatoms. The highest BCUT2D eigenvalue weighted by Crippen LogP contribution is 2.42. The van der Waals surface area contributed by atoms with Crippen molar-refractivity contribution in [1.29, 1.82) is 10.8 Å². The second-order valence-electron chi connectivity index (χ2n) is 7.46. The summed E-state index contributed by atoms with van der Waals surface area (Å²) in [6.45, 7) is -2.63. The fourth-order valence-corrected chi connectivity index (χ4v) is 4.48. The quantitative estimate of drug-likeness (QED) is 0.191. The number of aliphatic hydroxyl groups is 2. The van der Waals surface area contributed by atoms with Gasteiger partial charge in [-0.2, -0.15) is 13.2 Å². The van der Waals surface area contributed by atoms with Crippen LogP contribution in [0.25, 0.3) is 0 Å². The van der Waals surface area contributed by atoms with Crippen molar-refractivity contribution in [3.05, 3.63) is 0 Å². The first kappa shape index (κ1) is 19.5. The predicted molar refractivity (Wildman–Crippen MR) is 88.4 cm³/mol. The van der Waals surface area contributed by atoms with Gasteiger partial charge in [-0.15, -0.1) is 0 Å². The zero-order valence-electron chi connectivity index (χ0n) is 14.9. The topological polar surface area (TPSA) is 168 Å². The van der Waals surface area contributed by atoms with Gasteiger partial charge in [0, 0.05) is 13.0 Å². The molecule has 3 atom stereocenters. The zero-order valence-corrected chi connectivity index (χ0v) is 14.9. The van der Waals surface area contributed by atoms with Gasteiger partial charge in [0.2, 0.25) is 11.7 Å². The molecule has 12 nitrogen and oxygen atoms in total. The van der Waals surface area contributed by atoms with E-state index in [1.165, 1.54) is 4.90 Å². The first-order valence-electron chi connectivity index (χ1n) is 8.72. The van der Waals surface area contributed by atoms with Gasteiger partial charge < -0.3 is 36.0 Å². The summed E-state index contributed by atoms with van der Waals surface area (Å²) in [5.41, 5.74) is -1.70. The van der Waals surface area contributed by atoms with E-state index in [9.17, 15) is 33.0 Å². The Balaban J connectivity index is 1.60. The van der Waals surface area contributed by atoms with Crippen molar-refractivity contribution >= 4 is 23.9 Å². The van der Waals surface area contributed by atoms with E-state index in [-0.39, 0.29) is 24.9 Å². The lowest BCUT2D eigenvalue weighted by Crippen LogP contribution is -2.80. The molecule has 4 aliphatic heterocycles. The molecule has 29 heavy (non-hydrogen) atoms. The van der Waals surface area contributed by atoms with Gasteiger partial charge in [-0.3, -0.25) is 20.5 Å². The van der Waals surface area contributed by atoms with E-state index in [2.05, 4.69) is 16.0 Å². The van der Waals surface area contributed by atoms with Gasteiger partial charge in [-0.25, -0.2) is 4.79 Å². The number of carbonyl (C=O) groups is 2. The van der Waals surface area contributed by atoms with Crippen molar-refractivity contribution < 1.29 is 33.0 Å². The van der Waals surface area contributed by atoms with Crippen molar-refractivity contribution in [2.24, 2.45) is 0 Å². The molecule has 0 aromatic heterocycles. The summed E-state index contributed by atoms with van der Waals surface area (Å²) in [7, 11) is 0. The number of alkyl halides is 3. The molecule has 3 unspecified atom stereocenters. The molecule has 4 fully saturated rings. The molecule has 0 saturated carbocycles. The number of imide groups is 1. The van der Waals surface area contributed by atoms with Crippen LogP contribution in [0.2, 0.25) is 0 Å². The monoisotopic (exact) mass is 420 g/mol. The van der Waals surface area contributed by atoms with E-state index in [0.717, 1.165) is 0 Å². The van der Waals surface area contributed by atoms with Gasteiger partial charge >= 0.3 is 12.2 Å². The zero-order chi connectivity index (χ0) is 21.4. The van der Waals surface area contributed by atoms with E-state index in [1.807, 2.05) is 0 Å². The average molecular weight is 420 g/mol. The largest absolute Gasteiger partial charge is 0.406 e. The van der Waals surface area contributed by atoms with Crippen LogP contribution >= 0.6 is 0 Å². The highest BCUT2D eigenvalue weighted by atomic mass is 19.4. The van der Waals surface area contributed by atoms with Gasteiger partial charge in [0.25, 0.3) is 0 Å². The molecule has 0 aromatic carbocycles. The van der Waals surface area contributed by atoms with E-state index in [4.69, 9.17) is 10.8 Å². The molecule has 3 amide bonds. The van der Waals surface area contributed by atoms with Crippen molar-refractivity contribution in [2.45, 2.75) is 36.1 Å². The van der Waals surface area contributed by atoms with Gasteiger partial charge in [0.15, 0.2) is 17.6 Å². The van der Waals surface area contributed by atoms with Crippen molar-refractivity contribution in [3.8, 4) is 0 Å². The minimum absolute atomic E-state index is 0.0882. The summed E-state index contributed by atoms with van der Waals surface area (Å²) in [5.74, 6) is -3.67. The number of nitrogens with one attached hydrogen (secondary N) is 5. The van der Waals surface area contributed by atoms with E-state index >= 15 is 0 Å². The molecule has 0 radical (unpaired) electrons. The summed E-state index contributed by atoms with van der Waals surface area (Å²) in [4.78, 5) is 26.8. The van der Waals surface area contributed by atoms with E-state index in [0.29, 0.717) is 9.80 Å². The van der Waals surface area contributed by atoms with Crippen LogP contribution in [-0.2, 0) is 4.79 Å². The number of hydrogen-bond donors (Lipinski definition) is 7. The highest BCUT2D eigenvalue weighted by molar-refractivity contribution is 6.02. The Kier molecular flexibility index (Phi) is 3.94. The molecule has 4 rings (SSSR count). The molecule has 4 heterocycles. The Bertz CT molecular complexity index is 804. The van der Waals surface area contributed by atoms with Crippen LogP contribution < -0.4 is 16.0 Å². The maximum absolute atomic E-state index is 12.6. The van der Waals surface area contributed by atoms with Crippen LogP contribution in [0.1, 0.15) is 6.42 Å². The summed E-state index contributed by atoms with van der Waals surface area (Å²) in [6, 6.07) is -3.06. The lowest BCUT2D eigenvalue weighted by molar-refractivity contribution is -0.223. The van der Waals surface area contributed by atoms with Crippen LogP contribution in [0, 0.1) is 10.8 Å². The summed E-state index contributed by atoms with van der Waals surface area (Å²) in [5, 5.41) is 45.2. The molecule has 4 saturated heterocycles. The van der Waals surface area contributed by atoms with Crippen LogP contribution in [-0.4, -0.2) is 105 Å². The number of amides is 3. The van der Waals surface area contributed by atoms with Gasteiger partial charge in [0.1, 0.15) is 13.1 Å². The number of guanidine groups is 2. The normalized spacial score (nSPS) is 33.5. The third-order valence-corrected chi connectivity index (χ3v) is 5.66. The third-order valence-electron chi connectivity index (χ3n) is 5.66. The minimum Gasteiger partial charge on any atom is -0.362 e. The Labute approximate surface area is 161 Å². The Morgan fingerprint density at radius 1 is 1.21 bits per heavy atom. The fourth-order valence-electron chi connectivity index (χ4n) is 4.48. The lowest BCUT2D eigenvalue weighted by Gasteiger charge is -2.51. The number of carbonyl (C=O) groups excluding carboxylic acids is 2. The Morgan fingerprint density at radius 3 is 2.55 bits per heavy atom. The van der Waals surface area contributed by atoms with Gasteiger partial charge in [-0.05, 0) is 0 Å². The first-order valence-corrected chi connectivity index (χ1v) is 8.72. The lowest BCUT2D eigenvalue weighted by atomic mass is 9.85. The molecule has 1 spiro atoms. The minimum atomic E-state index is -4.66. The average Bonchev–Trinajstić information content (AvgIpc) is 3.15. The first-order chi connectivity index (χ1) is 13.4. The summed E-state index contributed by atoms with van der Waals surface area (Å²) >= 11 is 0. The molecule has 160 valence electrons. The highest BCUT2D eigenvalue weighted by Gasteiger charge is 2.70. The number of halogens is 3. The molecule has 0 aliphatic carbocycles. The number of nitrogens with zero attached hydrogens (tertiary/aromatic N) is 3. The van der Waals surface area contributed by atoms with E-state index < -0.39 is 61.3 Å². The fraction of sp³-hybridized carbons (Fsp3) is 0.714. The van der Waals surface area contributed by atoms with Crippen LogP contribution in [0.5, 0.6) is 0 Å². The van der Waals surface area contributed by atoms with Gasteiger partial charge in [0.05, 0.1) is 18.6 Å². The summed E-state index contributed by atoms with van der Waals surface area (Å²) < 4.78 is 37.9. The molecular weight excluding hydrogens is 401 g/mol. The standard InChI is InChI=1S/C14H19F3N8O4/c15-13(16,17)5-23-4-7(26)24(11(23)27)3-6-8-14(22-9(18)21-8)12(28,29)1-2-25(14)10(19)20-6/h6,8,28-29H,1-5H2,(H2,19,20)(H3,18,21,22). The SMILES string of the molecule is N=C1NC2C(CN3C(=O)CN(CC(F)(F)F)C3=O)NC(=N)N3CCC(O)(O)C23N1. The Morgan fingerprint density at radius 2 is 1.90 bits per heavy atom.